The maximum atomic E-state index is 14.5. The van der Waals surface area contributed by atoms with Crippen LogP contribution in [0.2, 0.25) is 0 Å². The molecule has 0 bridgehead atoms. The van der Waals surface area contributed by atoms with E-state index in [1.54, 1.807) is 6.07 Å². The van der Waals surface area contributed by atoms with Crippen LogP contribution in [0, 0.1) is 28.8 Å². The molecule has 0 amide bonds. The predicted molar refractivity (Wildman–Crippen MR) is 90.9 cm³/mol. The van der Waals surface area contributed by atoms with Gasteiger partial charge in [-0.1, -0.05) is 19.4 Å². The number of hydrogen-bond acceptors (Lipinski definition) is 1. The number of benzene rings is 2. The van der Waals surface area contributed by atoms with Crippen molar-refractivity contribution < 1.29 is 13.2 Å². The molecule has 0 spiro atoms. The van der Waals surface area contributed by atoms with Crippen LogP contribution in [-0.4, -0.2) is 0 Å². The highest BCUT2D eigenvalue weighted by Crippen LogP contribution is 2.37. The maximum Gasteiger partial charge on any atom is 0.144 e. The number of unbranched alkanes of at least 4 members (excludes halogenated alkanes) is 1. The van der Waals surface area contributed by atoms with Gasteiger partial charge >= 0.3 is 0 Å². The van der Waals surface area contributed by atoms with Crippen molar-refractivity contribution in [1.29, 1.82) is 5.26 Å². The van der Waals surface area contributed by atoms with Crippen LogP contribution >= 0.6 is 0 Å². The van der Waals surface area contributed by atoms with Gasteiger partial charge in [-0.2, -0.15) is 5.26 Å². The second-order valence-electron chi connectivity index (χ2n) is 6.69. The van der Waals surface area contributed by atoms with Gasteiger partial charge in [-0.25, -0.2) is 13.2 Å². The van der Waals surface area contributed by atoms with Gasteiger partial charge in [0.2, 0.25) is 0 Å². The molecular formula is C21H20F3N. The third-order valence-electron chi connectivity index (χ3n) is 5.04. The smallest absolute Gasteiger partial charge is 0.144 e. The maximum absolute atomic E-state index is 14.5. The highest BCUT2D eigenvalue weighted by atomic mass is 19.1. The molecule has 0 aliphatic heterocycles. The number of nitrogens with zero attached hydrogens (tertiary/aromatic N) is 1. The fourth-order valence-electron chi connectivity index (χ4n) is 3.69. The first kappa shape index (κ1) is 17.5. The molecule has 1 unspecified atom stereocenters. The van der Waals surface area contributed by atoms with E-state index in [1.165, 1.54) is 18.2 Å². The molecule has 0 saturated heterocycles. The quantitative estimate of drug-likeness (QED) is 0.710. The molecule has 2 aromatic carbocycles. The van der Waals surface area contributed by atoms with Crippen molar-refractivity contribution in [2.24, 2.45) is 0 Å². The van der Waals surface area contributed by atoms with E-state index >= 15 is 0 Å². The molecular weight excluding hydrogens is 323 g/mol. The Morgan fingerprint density at radius 1 is 1.16 bits per heavy atom. The minimum atomic E-state index is -0.506. The summed E-state index contributed by atoms with van der Waals surface area (Å²) in [6, 6.07) is 7.85. The number of rotatable bonds is 4. The average molecular weight is 343 g/mol. The number of aryl methyl sites for hydroxylation is 1. The molecule has 1 aliphatic rings. The van der Waals surface area contributed by atoms with Crippen LogP contribution in [0.25, 0.3) is 0 Å². The Morgan fingerprint density at radius 3 is 2.52 bits per heavy atom. The molecule has 0 heterocycles. The summed E-state index contributed by atoms with van der Waals surface area (Å²) in [5, 5.41) is 8.92. The van der Waals surface area contributed by atoms with Gasteiger partial charge in [0.1, 0.15) is 23.5 Å². The van der Waals surface area contributed by atoms with Gasteiger partial charge < -0.3 is 0 Å². The van der Waals surface area contributed by atoms with Crippen LogP contribution in [0.1, 0.15) is 59.9 Å². The highest BCUT2D eigenvalue weighted by molar-refractivity contribution is 5.43. The zero-order valence-corrected chi connectivity index (χ0v) is 14.2. The Hall–Kier alpha value is -2.28. The highest BCUT2D eigenvalue weighted by Gasteiger charge is 2.28. The topological polar surface area (TPSA) is 23.8 Å². The van der Waals surface area contributed by atoms with Gasteiger partial charge in [-0.15, -0.1) is 0 Å². The molecule has 1 atom stereocenters. The van der Waals surface area contributed by atoms with Crippen molar-refractivity contribution in [3.05, 3.63) is 69.5 Å². The lowest BCUT2D eigenvalue weighted by atomic mass is 9.79. The second-order valence-corrected chi connectivity index (χ2v) is 6.69. The van der Waals surface area contributed by atoms with Gasteiger partial charge in [0, 0.05) is 5.56 Å². The summed E-state index contributed by atoms with van der Waals surface area (Å²) in [5.74, 6) is -1.81. The van der Waals surface area contributed by atoms with Crippen LogP contribution in [0.4, 0.5) is 13.2 Å². The second kappa shape index (κ2) is 7.31. The van der Waals surface area contributed by atoms with Crippen LogP contribution in [-0.2, 0) is 19.3 Å². The van der Waals surface area contributed by atoms with Crippen LogP contribution in [0.3, 0.4) is 0 Å². The molecule has 0 N–H and O–H groups in total. The molecule has 0 fully saturated rings. The molecule has 130 valence electrons. The Morgan fingerprint density at radius 2 is 1.88 bits per heavy atom. The monoisotopic (exact) mass is 343 g/mol. The van der Waals surface area contributed by atoms with Crippen molar-refractivity contribution >= 4 is 0 Å². The Balaban J connectivity index is 1.90. The first-order chi connectivity index (χ1) is 12.0. The fraction of sp³-hybridized carbons (Fsp3) is 0.381. The lowest BCUT2D eigenvalue weighted by Crippen LogP contribution is -2.17. The summed E-state index contributed by atoms with van der Waals surface area (Å²) in [7, 11) is 0. The average Bonchev–Trinajstić information content (AvgIpc) is 2.59. The van der Waals surface area contributed by atoms with E-state index in [9.17, 15) is 13.2 Å². The van der Waals surface area contributed by atoms with Gasteiger partial charge in [-0.05, 0) is 72.9 Å². The summed E-state index contributed by atoms with van der Waals surface area (Å²) >= 11 is 0. The summed E-state index contributed by atoms with van der Waals surface area (Å²) in [5.41, 5.74) is 2.06. The minimum Gasteiger partial charge on any atom is -0.207 e. The third-order valence-corrected chi connectivity index (χ3v) is 5.04. The summed E-state index contributed by atoms with van der Waals surface area (Å²) in [6.45, 7) is 2.04. The Bertz CT molecular complexity index is 813. The van der Waals surface area contributed by atoms with Crippen molar-refractivity contribution in [3.63, 3.8) is 0 Å². The van der Waals surface area contributed by atoms with Crippen molar-refractivity contribution in [1.82, 2.24) is 0 Å². The van der Waals surface area contributed by atoms with Gasteiger partial charge in [-0.3, -0.25) is 0 Å². The summed E-state index contributed by atoms with van der Waals surface area (Å²) in [4.78, 5) is 0. The number of fused-ring (bicyclic) bond motifs is 1. The van der Waals surface area contributed by atoms with Crippen molar-refractivity contribution in [3.8, 4) is 6.07 Å². The Kier molecular flexibility index (Phi) is 5.13. The van der Waals surface area contributed by atoms with E-state index < -0.39 is 17.5 Å². The van der Waals surface area contributed by atoms with E-state index in [1.807, 2.05) is 13.0 Å². The zero-order valence-electron chi connectivity index (χ0n) is 14.2. The Labute approximate surface area is 146 Å². The molecule has 0 saturated carbocycles. The normalized spacial score (nSPS) is 16.4. The number of hydrogen-bond donors (Lipinski definition) is 0. The summed E-state index contributed by atoms with van der Waals surface area (Å²) < 4.78 is 43.3. The third kappa shape index (κ3) is 3.42. The van der Waals surface area contributed by atoms with E-state index in [-0.39, 0.29) is 17.0 Å². The zero-order chi connectivity index (χ0) is 18.0. The molecule has 0 radical (unpaired) electrons. The van der Waals surface area contributed by atoms with E-state index in [4.69, 9.17) is 5.26 Å². The SMILES string of the molecule is CCCCc1cc(F)c(C2CCc3c(ccc(C#N)c3F)C2)c(F)c1. The molecule has 1 aliphatic carbocycles. The van der Waals surface area contributed by atoms with Gasteiger partial charge in [0.05, 0.1) is 5.56 Å². The lowest BCUT2D eigenvalue weighted by Gasteiger charge is -2.26. The fourth-order valence-corrected chi connectivity index (χ4v) is 3.69. The van der Waals surface area contributed by atoms with E-state index in [0.29, 0.717) is 36.8 Å². The largest absolute Gasteiger partial charge is 0.207 e. The number of halogens is 3. The van der Waals surface area contributed by atoms with Crippen LogP contribution in [0.5, 0.6) is 0 Å². The molecule has 25 heavy (non-hydrogen) atoms. The van der Waals surface area contributed by atoms with Gasteiger partial charge in [0.15, 0.2) is 0 Å². The molecule has 2 aromatic rings. The molecule has 0 aromatic heterocycles. The number of nitriles is 1. The molecule has 4 heteroatoms. The summed E-state index contributed by atoms with van der Waals surface area (Å²) in [6.07, 6.45) is 3.79. The van der Waals surface area contributed by atoms with Gasteiger partial charge in [0.25, 0.3) is 0 Å². The lowest BCUT2D eigenvalue weighted by molar-refractivity contribution is 0.480. The van der Waals surface area contributed by atoms with E-state index in [2.05, 4.69) is 0 Å². The standard InChI is InChI=1S/C21H20F3N/c1-2-3-4-13-9-18(22)20(19(23)10-13)15-7-8-17-14(11-15)5-6-16(12-25)21(17)24/h5-6,9-10,15H,2-4,7-8,11H2,1H3. The molecule has 1 nitrogen and oxygen atoms in total. The van der Waals surface area contributed by atoms with Crippen LogP contribution < -0.4 is 0 Å². The molecule has 3 rings (SSSR count). The first-order valence-corrected chi connectivity index (χ1v) is 8.73. The van der Waals surface area contributed by atoms with E-state index in [0.717, 1.165) is 18.4 Å². The van der Waals surface area contributed by atoms with Crippen molar-refractivity contribution in [2.75, 3.05) is 0 Å². The minimum absolute atomic E-state index is 0.0230. The van der Waals surface area contributed by atoms with Crippen LogP contribution in [0.15, 0.2) is 24.3 Å². The predicted octanol–water partition coefficient (Wildman–Crippen LogP) is 5.59. The van der Waals surface area contributed by atoms with Crippen molar-refractivity contribution in [2.45, 2.75) is 51.4 Å². The first-order valence-electron chi connectivity index (χ1n) is 8.73.